The van der Waals surface area contributed by atoms with Crippen molar-refractivity contribution >= 4 is 0 Å². The van der Waals surface area contributed by atoms with Crippen LogP contribution in [0.4, 0.5) is 0 Å². The van der Waals surface area contributed by atoms with E-state index in [2.05, 4.69) is 34.6 Å². The summed E-state index contributed by atoms with van der Waals surface area (Å²) in [6.45, 7) is 12.2. The van der Waals surface area contributed by atoms with E-state index in [-0.39, 0.29) is 0 Å². The zero-order valence-corrected chi connectivity index (χ0v) is 29.4. The highest BCUT2D eigenvalue weighted by atomic mass is 14.1. The average Bonchev–Trinajstić information content (AvgIpc) is 2.94. The largest absolute Gasteiger partial charge is 0.0654 e. The van der Waals surface area contributed by atoms with Crippen molar-refractivity contribution in [3.8, 4) is 0 Å². The summed E-state index contributed by atoms with van der Waals surface area (Å²) in [7, 11) is 0. The van der Waals surface area contributed by atoms with E-state index in [4.69, 9.17) is 0 Å². The van der Waals surface area contributed by atoms with E-state index in [0.717, 1.165) is 17.8 Å². The van der Waals surface area contributed by atoms with Gasteiger partial charge in [0, 0.05) is 0 Å². The zero-order chi connectivity index (χ0) is 29.4. The highest BCUT2D eigenvalue weighted by molar-refractivity contribution is 4.60. The number of unbranched alkanes of at least 4 members (excludes halogenated alkanes) is 22. The molecule has 0 saturated carbocycles. The van der Waals surface area contributed by atoms with Gasteiger partial charge in [-0.1, -0.05) is 240 Å². The van der Waals surface area contributed by atoms with Gasteiger partial charge in [0.05, 0.1) is 0 Å². The first kappa shape index (κ1) is 40.0. The van der Waals surface area contributed by atoms with Crippen LogP contribution in [0.5, 0.6) is 0 Å². The molecule has 0 aliphatic rings. The number of rotatable bonds is 34. The first-order valence-electron chi connectivity index (χ1n) is 19.6. The topological polar surface area (TPSA) is 0 Å². The van der Waals surface area contributed by atoms with Crippen molar-refractivity contribution in [1.82, 2.24) is 0 Å². The lowest BCUT2D eigenvalue weighted by molar-refractivity contribution is 0.389. The Labute approximate surface area is 257 Å². The fraction of sp³-hybridized carbons (Fsp3) is 1.00. The van der Waals surface area contributed by atoms with Crippen molar-refractivity contribution in [2.24, 2.45) is 17.8 Å². The molecule has 0 amide bonds. The summed E-state index contributed by atoms with van der Waals surface area (Å²) in [5, 5.41) is 0. The maximum atomic E-state index is 2.52. The van der Waals surface area contributed by atoms with Crippen molar-refractivity contribution < 1.29 is 0 Å². The third-order valence-corrected chi connectivity index (χ3v) is 9.89. The predicted octanol–water partition coefficient (Wildman–Crippen LogP) is 15.4. The first-order valence-corrected chi connectivity index (χ1v) is 19.6. The summed E-state index contributed by atoms with van der Waals surface area (Å²) in [5.74, 6) is 2.86. The van der Waals surface area contributed by atoms with Crippen LogP contribution in [0.2, 0.25) is 0 Å². The molecule has 3 atom stereocenters. The Morgan fingerprint density at radius 3 is 0.625 bits per heavy atom. The molecule has 40 heavy (non-hydrogen) atoms. The molecule has 0 nitrogen and oxygen atoms in total. The van der Waals surface area contributed by atoms with Gasteiger partial charge < -0.3 is 0 Å². The second kappa shape index (κ2) is 33.5. The van der Waals surface area contributed by atoms with Crippen LogP contribution < -0.4 is 0 Å². The third-order valence-electron chi connectivity index (χ3n) is 9.89. The Morgan fingerprint density at radius 1 is 0.225 bits per heavy atom. The second-order valence-corrected chi connectivity index (χ2v) is 14.5. The van der Waals surface area contributed by atoms with Crippen molar-refractivity contribution in [2.45, 2.75) is 240 Å². The quantitative estimate of drug-likeness (QED) is 0.0684. The van der Waals surface area contributed by atoms with Gasteiger partial charge in [-0.3, -0.25) is 0 Å². The van der Waals surface area contributed by atoms with E-state index in [1.54, 1.807) is 0 Å². The van der Waals surface area contributed by atoms with Crippen molar-refractivity contribution in [2.75, 3.05) is 0 Å². The van der Waals surface area contributed by atoms with Crippen LogP contribution in [0.25, 0.3) is 0 Å². The number of hydrogen-bond donors (Lipinski definition) is 0. The SMILES string of the molecule is CCCCCCCCCCCCC(C)CCCCCCCC(C)CCCC(C)CCCCCCCCCCCC. The smallest absolute Gasteiger partial charge is 0.0443 e. The molecule has 0 aromatic heterocycles. The van der Waals surface area contributed by atoms with Gasteiger partial charge >= 0.3 is 0 Å². The predicted molar refractivity (Wildman–Crippen MR) is 187 cm³/mol. The van der Waals surface area contributed by atoms with Gasteiger partial charge in [-0.15, -0.1) is 0 Å². The maximum Gasteiger partial charge on any atom is -0.0443 e. The standard InChI is InChI=1S/C40H82/c1-6-8-10-12-14-16-18-20-23-27-32-38(3)33-29-25-22-26-30-35-40(5)37-31-36-39(4)34-28-24-21-19-17-15-13-11-9-7-2/h38-40H,6-37H2,1-5H3. The molecule has 0 aliphatic carbocycles. The van der Waals surface area contributed by atoms with Gasteiger partial charge in [0.25, 0.3) is 0 Å². The van der Waals surface area contributed by atoms with Crippen LogP contribution in [-0.4, -0.2) is 0 Å². The van der Waals surface area contributed by atoms with Gasteiger partial charge in [0.1, 0.15) is 0 Å². The summed E-state index contributed by atoms with van der Waals surface area (Å²) in [4.78, 5) is 0. The molecular weight excluding hydrogens is 480 g/mol. The van der Waals surface area contributed by atoms with E-state index >= 15 is 0 Å². The Kier molecular flexibility index (Phi) is 33.5. The summed E-state index contributed by atoms with van der Waals surface area (Å²) in [5.41, 5.74) is 0. The van der Waals surface area contributed by atoms with Crippen molar-refractivity contribution in [1.29, 1.82) is 0 Å². The molecule has 0 spiro atoms. The minimum Gasteiger partial charge on any atom is -0.0654 e. The summed E-state index contributed by atoms with van der Waals surface area (Å²) in [6.07, 6.45) is 47.0. The molecule has 0 aliphatic heterocycles. The first-order chi connectivity index (χ1) is 19.6. The van der Waals surface area contributed by atoms with Crippen LogP contribution in [0.3, 0.4) is 0 Å². The second-order valence-electron chi connectivity index (χ2n) is 14.5. The molecular formula is C40H82. The van der Waals surface area contributed by atoms with E-state index in [9.17, 15) is 0 Å². The van der Waals surface area contributed by atoms with E-state index < -0.39 is 0 Å². The fourth-order valence-corrected chi connectivity index (χ4v) is 6.72. The van der Waals surface area contributed by atoms with Gasteiger partial charge in [0.2, 0.25) is 0 Å². The van der Waals surface area contributed by atoms with Crippen LogP contribution in [0.15, 0.2) is 0 Å². The monoisotopic (exact) mass is 563 g/mol. The van der Waals surface area contributed by atoms with Crippen LogP contribution in [0.1, 0.15) is 240 Å². The van der Waals surface area contributed by atoms with Crippen molar-refractivity contribution in [3.63, 3.8) is 0 Å². The Bertz CT molecular complexity index is 439. The molecule has 0 bridgehead atoms. The normalized spacial score (nSPS) is 14.0. The van der Waals surface area contributed by atoms with Gasteiger partial charge in [-0.25, -0.2) is 0 Å². The molecule has 242 valence electrons. The van der Waals surface area contributed by atoms with E-state index in [1.807, 2.05) is 0 Å². The molecule has 0 fully saturated rings. The Balaban J connectivity index is 3.34. The highest BCUT2D eigenvalue weighted by Crippen LogP contribution is 2.23. The molecule has 0 heteroatoms. The minimum atomic E-state index is 0.950. The lowest BCUT2D eigenvalue weighted by atomic mass is 9.92. The fourth-order valence-electron chi connectivity index (χ4n) is 6.72. The van der Waals surface area contributed by atoms with Crippen LogP contribution in [0, 0.1) is 17.8 Å². The summed E-state index contributed by atoms with van der Waals surface area (Å²) in [6, 6.07) is 0. The average molecular weight is 563 g/mol. The summed E-state index contributed by atoms with van der Waals surface area (Å²) < 4.78 is 0. The van der Waals surface area contributed by atoms with E-state index in [0.29, 0.717) is 0 Å². The molecule has 0 heterocycles. The third kappa shape index (κ3) is 32.5. The van der Waals surface area contributed by atoms with Gasteiger partial charge in [-0.05, 0) is 17.8 Å². The van der Waals surface area contributed by atoms with Crippen molar-refractivity contribution in [3.05, 3.63) is 0 Å². The molecule has 0 aromatic carbocycles. The lowest BCUT2D eigenvalue weighted by Gasteiger charge is -2.14. The molecule has 0 N–H and O–H groups in total. The van der Waals surface area contributed by atoms with Crippen LogP contribution in [-0.2, 0) is 0 Å². The molecule has 0 rings (SSSR count). The summed E-state index contributed by atoms with van der Waals surface area (Å²) >= 11 is 0. The highest BCUT2D eigenvalue weighted by Gasteiger charge is 2.07. The number of hydrogen-bond acceptors (Lipinski definition) is 0. The Hall–Kier alpha value is 0. The van der Waals surface area contributed by atoms with Crippen LogP contribution >= 0.6 is 0 Å². The van der Waals surface area contributed by atoms with Gasteiger partial charge in [-0.2, -0.15) is 0 Å². The molecule has 0 radical (unpaired) electrons. The maximum absolute atomic E-state index is 2.52. The lowest BCUT2D eigenvalue weighted by Crippen LogP contribution is -1.99. The minimum absolute atomic E-state index is 0.950. The Morgan fingerprint density at radius 2 is 0.400 bits per heavy atom. The van der Waals surface area contributed by atoms with Gasteiger partial charge in [0.15, 0.2) is 0 Å². The van der Waals surface area contributed by atoms with E-state index in [1.165, 1.54) is 205 Å². The molecule has 3 unspecified atom stereocenters. The molecule has 0 aromatic rings. The zero-order valence-electron chi connectivity index (χ0n) is 29.4. The molecule has 0 saturated heterocycles.